The number of furan rings is 1. The van der Waals surface area contributed by atoms with Crippen molar-refractivity contribution >= 4 is 16.7 Å². The topological polar surface area (TPSA) is 99.1 Å². The van der Waals surface area contributed by atoms with E-state index < -0.39 is 11.6 Å². The normalized spacial score (nSPS) is 13.8. The Morgan fingerprint density at radius 3 is 2.67 bits per heavy atom. The molecule has 3 heterocycles. The fourth-order valence-corrected chi connectivity index (χ4v) is 4.45. The zero-order valence-electron chi connectivity index (χ0n) is 19.3. The Balaban J connectivity index is 1.49. The molecule has 0 amide bonds. The van der Waals surface area contributed by atoms with Crippen molar-refractivity contribution < 1.29 is 17.9 Å². The molecule has 7 nitrogen and oxygen atoms in total. The van der Waals surface area contributed by atoms with E-state index in [9.17, 15) is 13.6 Å². The summed E-state index contributed by atoms with van der Waals surface area (Å²) < 4.78 is 41.2. The highest BCUT2D eigenvalue weighted by molar-refractivity contribution is 5.95. The average Bonchev–Trinajstić information content (AvgIpc) is 3.46. The molecule has 0 spiro atoms. The molecule has 1 aliphatic carbocycles. The number of imidazole rings is 1. The van der Waals surface area contributed by atoms with Gasteiger partial charge in [-0.3, -0.25) is 4.79 Å². The van der Waals surface area contributed by atoms with E-state index in [1.807, 2.05) is 0 Å². The Hall–Kier alpha value is -4.40. The van der Waals surface area contributed by atoms with Crippen molar-refractivity contribution in [3.05, 3.63) is 82.7 Å². The van der Waals surface area contributed by atoms with Crippen molar-refractivity contribution in [2.75, 3.05) is 5.73 Å². The van der Waals surface area contributed by atoms with Crippen LogP contribution in [-0.4, -0.2) is 14.5 Å². The first-order valence-corrected chi connectivity index (χ1v) is 11.6. The van der Waals surface area contributed by atoms with Gasteiger partial charge in [-0.15, -0.1) is 0 Å². The number of fused-ring (bicyclic) bond motifs is 1. The Bertz CT molecular complexity index is 1680. The number of nitrogens with two attached hydrogens (primary N) is 1. The molecule has 2 aromatic carbocycles. The van der Waals surface area contributed by atoms with Gasteiger partial charge in [0.2, 0.25) is 0 Å². The fraction of sp³-hybridized carbons (Fsp3) is 0.185. The lowest BCUT2D eigenvalue weighted by molar-refractivity contribution is 0.404. The highest BCUT2D eigenvalue weighted by atomic mass is 19.1. The molecule has 9 heteroatoms. The first-order valence-electron chi connectivity index (χ1n) is 11.6. The molecule has 5 aromatic rings. The third kappa shape index (κ3) is 3.73. The number of nitrogens with zero attached hydrogens (tertiary/aromatic N) is 2. The lowest BCUT2D eigenvalue weighted by Gasteiger charge is -2.22. The van der Waals surface area contributed by atoms with Crippen LogP contribution in [0.1, 0.15) is 31.0 Å². The molecule has 182 valence electrons. The summed E-state index contributed by atoms with van der Waals surface area (Å²) in [6.07, 6.45) is 6.72. The van der Waals surface area contributed by atoms with Crippen LogP contribution in [0.2, 0.25) is 0 Å². The maximum atomic E-state index is 14.3. The highest BCUT2D eigenvalue weighted by Crippen LogP contribution is 2.41. The number of aromatic nitrogens is 3. The van der Waals surface area contributed by atoms with Gasteiger partial charge in [-0.25, -0.2) is 13.8 Å². The number of hydrogen-bond donors (Lipinski definition) is 2. The van der Waals surface area contributed by atoms with Crippen molar-refractivity contribution in [3.8, 4) is 34.1 Å². The van der Waals surface area contributed by atoms with E-state index in [0.29, 0.717) is 45.2 Å². The molecular formula is C27H22F2N4O3. The van der Waals surface area contributed by atoms with E-state index in [2.05, 4.69) is 9.97 Å². The Labute approximate surface area is 204 Å². The smallest absolute Gasteiger partial charge is 0.261 e. The molecule has 1 fully saturated rings. The first-order chi connectivity index (χ1) is 17.4. The molecule has 1 saturated carbocycles. The third-order valence-electron chi connectivity index (χ3n) is 6.61. The lowest BCUT2D eigenvalue weighted by atomic mass is 9.85. The number of anilines is 1. The molecule has 0 atom stereocenters. The first kappa shape index (κ1) is 22.1. The monoisotopic (exact) mass is 488 g/mol. The Kier molecular flexibility index (Phi) is 5.13. The molecule has 36 heavy (non-hydrogen) atoms. The number of rotatable bonds is 5. The maximum absolute atomic E-state index is 14.3. The van der Waals surface area contributed by atoms with E-state index in [4.69, 9.17) is 14.9 Å². The van der Waals surface area contributed by atoms with Crippen LogP contribution in [0.4, 0.5) is 14.5 Å². The van der Waals surface area contributed by atoms with Crippen LogP contribution >= 0.6 is 0 Å². The van der Waals surface area contributed by atoms with Gasteiger partial charge in [-0.2, -0.15) is 0 Å². The molecule has 3 N–H and O–H groups in total. The van der Waals surface area contributed by atoms with Crippen LogP contribution in [0.15, 0.2) is 64.1 Å². The number of ether oxygens (including phenoxy) is 1. The van der Waals surface area contributed by atoms with Crippen LogP contribution in [0.25, 0.3) is 33.6 Å². The van der Waals surface area contributed by atoms with Crippen LogP contribution in [0.5, 0.6) is 11.5 Å². The van der Waals surface area contributed by atoms with Gasteiger partial charge in [-0.1, -0.05) is 6.42 Å². The van der Waals surface area contributed by atoms with E-state index in [0.717, 1.165) is 30.8 Å². The van der Waals surface area contributed by atoms with Crippen LogP contribution in [-0.2, 0) is 7.05 Å². The number of aromatic amines is 1. The third-order valence-corrected chi connectivity index (χ3v) is 6.61. The van der Waals surface area contributed by atoms with Crippen LogP contribution in [0, 0.1) is 11.6 Å². The van der Waals surface area contributed by atoms with Gasteiger partial charge in [0, 0.05) is 42.0 Å². The number of pyridine rings is 1. The van der Waals surface area contributed by atoms with Crippen molar-refractivity contribution in [2.45, 2.75) is 25.2 Å². The van der Waals surface area contributed by atoms with E-state index in [1.165, 1.54) is 17.1 Å². The van der Waals surface area contributed by atoms with Gasteiger partial charge in [0.05, 0.1) is 11.6 Å². The molecular weight excluding hydrogens is 466 g/mol. The second-order valence-corrected chi connectivity index (χ2v) is 9.05. The van der Waals surface area contributed by atoms with Crippen LogP contribution < -0.4 is 16.0 Å². The number of aryl methyl sites for hydroxylation is 1. The van der Waals surface area contributed by atoms with Gasteiger partial charge < -0.3 is 24.4 Å². The Morgan fingerprint density at radius 1 is 1.11 bits per heavy atom. The summed E-state index contributed by atoms with van der Waals surface area (Å²) in [6, 6.07) is 9.62. The predicted octanol–water partition coefficient (Wildman–Crippen LogP) is 6.11. The standard InChI is InChI=1S/C27H22F2N4O3/c1-33-13-19(17-10-16(30)6-8-22(17)35-23-7-5-15(28)9-20(23)29)25-18(27(33)34)11-24(36-25)21-12-31-26(32-21)14-3-2-4-14/h5-14H,2-4,30H2,1H3,(H,31,32). The van der Waals surface area contributed by atoms with Gasteiger partial charge >= 0.3 is 0 Å². The number of H-pyrrole nitrogens is 1. The number of hydrogen-bond acceptors (Lipinski definition) is 5. The van der Waals surface area contributed by atoms with Gasteiger partial charge in [0.25, 0.3) is 5.56 Å². The van der Waals surface area contributed by atoms with E-state index in [1.54, 1.807) is 43.7 Å². The van der Waals surface area contributed by atoms with E-state index >= 15 is 0 Å². The van der Waals surface area contributed by atoms with Crippen molar-refractivity contribution in [1.82, 2.24) is 14.5 Å². The predicted molar refractivity (Wildman–Crippen MR) is 132 cm³/mol. The number of nitrogen functional groups attached to an aromatic ring is 1. The number of halogens is 2. The minimum atomic E-state index is -0.842. The number of benzene rings is 2. The summed E-state index contributed by atoms with van der Waals surface area (Å²) in [5.74, 6) is 0.377. The summed E-state index contributed by atoms with van der Waals surface area (Å²) in [5.41, 5.74) is 8.30. The molecule has 0 unspecified atom stereocenters. The summed E-state index contributed by atoms with van der Waals surface area (Å²) in [4.78, 5) is 20.8. The highest BCUT2D eigenvalue weighted by Gasteiger charge is 2.24. The quantitative estimate of drug-likeness (QED) is 0.291. The number of nitrogens with one attached hydrogen (secondary N) is 1. The zero-order chi connectivity index (χ0) is 25.0. The second kappa shape index (κ2) is 8.37. The molecule has 0 bridgehead atoms. The van der Waals surface area contributed by atoms with Crippen molar-refractivity contribution in [2.24, 2.45) is 7.05 Å². The average molecular weight is 488 g/mol. The molecule has 0 aliphatic heterocycles. The second-order valence-electron chi connectivity index (χ2n) is 9.05. The van der Waals surface area contributed by atoms with Gasteiger partial charge in [0.15, 0.2) is 17.3 Å². The molecule has 6 rings (SSSR count). The summed E-state index contributed by atoms with van der Waals surface area (Å²) in [6.45, 7) is 0. The molecule has 3 aromatic heterocycles. The summed E-state index contributed by atoms with van der Waals surface area (Å²) in [7, 11) is 1.63. The SMILES string of the molecule is Cn1cc(-c2cc(N)ccc2Oc2ccc(F)cc2F)c2oc(-c3cnc(C4CCC4)[nH]3)cc2c1=O. The summed E-state index contributed by atoms with van der Waals surface area (Å²) >= 11 is 0. The fourth-order valence-electron chi connectivity index (χ4n) is 4.45. The Morgan fingerprint density at radius 2 is 1.92 bits per heavy atom. The maximum Gasteiger partial charge on any atom is 0.261 e. The molecule has 1 aliphatic rings. The minimum absolute atomic E-state index is 0.149. The summed E-state index contributed by atoms with van der Waals surface area (Å²) in [5, 5.41) is 0.367. The molecule has 0 radical (unpaired) electrons. The largest absolute Gasteiger partial charge is 0.454 e. The molecule has 0 saturated heterocycles. The van der Waals surface area contributed by atoms with Gasteiger partial charge in [0.1, 0.15) is 28.7 Å². The van der Waals surface area contributed by atoms with Crippen molar-refractivity contribution in [1.29, 1.82) is 0 Å². The van der Waals surface area contributed by atoms with E-state index in [-0.39, 0.29) is 17.1 Å². The zero-order valence-corrected chi connectivity index (χ0v) is 19.3. The van der Waals surface area contributed by atoms with Gasteiger partial charge in [-0.05, 0) is 49.2 Å². The van der Waals surface area contributed by atoms with Crippen molar-refractivity contribution in [3.63, 3.8) is 0 Å². The van der Waals surface area contributed by atoms with Crippen LogP contribution in [0.3, 0.4) is 0 Å². The lowest BCUT2D eigenvalue weighted by Crippen LogP contribution is -2.15. The minimum Gasteiger partial charge on any atom is -0.454 e.